The number of hydrogen-bond donors (Lipinski definition) is 1. The van der Waals surface area contributed by atoms with Crippen molar-refractivity contribution in [2.24, 2.45) is 5.92 Å². The molecule has 1 aliphatic carbocycles. The van der Waals surface area contributed by atoms with Crippen LogP contribution in [0.5, 0.6) is 5.75 Å². The van der Waals surface area contributed by atoms with Gasteiger partial charge in [-0.25, -0.2) is 8.42 Å². The van der Waals surface area contributed by atoms with Crippen LogP contribution < -0.4 is 10.1 Å². The second kappa shape index (κ2) is 10.4. The molecule has 2 aromatic rings. The van der Waals surface area contributed by atoms with Crippen LogP contribution in [0.15, 0.2) is 36.5 Å². The van der Waals surface area contributed by atoms with E-state index in [-0.39, 0.29) is 41.8 Å². The van der Waals surface area contributed by atoms with Gasteiger partial charge in [-0.05, 0) is 61.1 Å². The van der Waals surface area contributed by atoms with Crippen molar-refractivity contribution in [2.45, 2.75) is 50.6 Å². The van der Waals surface area contributed by atoms with Crippen LogP contribution in [-0.4, -0.2) is 61.6 Å². The van der Waals surface area contributed by atoms with Gasteiger partial charge in [0, 0.05) is 19.0 Å². The lowest BCUT2D eigenvalue weighted by Gasteiger charge is -2.33. The molecule has 1 aromatic heterocycles. The van der Waals surface area contributed by atoms with E-state index in [2.05, 4.69) is 15.0 Å². The van der Waals surface area contributed by atoms with Crippen LogP contribution >= 0.6 is 0 Å². The molecule has 1 aliphatic heterocycles. The van der Waals surface area contributed by atoms with Crippen molar-refractivity contribution in [3.05, 3.63) is 53.3 Å². The number of amides is 1. The van der Waals surface area contributed by atoms with E-state index in [1.807, 2.05) is 0 Å². The number of aromatic nitrogens is 1. The SMILES string of the molecule is CN(C(=O)C1CCS(=O)(=O)CC1)[C@@H](c1ccc(NC2Cc3ccc(OC(F)F)cc3C2)cn1)C(F)(F)F. The van der Waals surface area contributed by atoms with Crippen molar-refractivity contribution in [1.82, 2.24) is 9.88 Å². The van der Waals surface area contributed by atoms with Crippen molar-refractivity contribution < 1.29 is 39.9 Å². The summed E-state index contributed by atoms with van der Waals surface area (Å²) in [5, 5.41) is 3.19. The Balaban J connectivity index is 1.43. The Bertz CT molecular complexity index is 1220. The zero-order chi connectivity index (χ0) is 27.0. The predicted octanol–water partition coefficient (Wildman–Crippen LogP) is 4.15. The molecule has 13 heteroatoms. The summed E-state index contributed by atoms with van der Waals surface area (Å²) in [7, 11) is -2.21. The molecular weight excluding hydrogens is 521 g/mol. The normalized spacial score (nSPS) is 20.4. The summed E-state index contributed by atoms with van der Waals surface area (Å²) in [6.07, 6.45) is -2.45. The number of pyridine rings is 1. The maximum absolute atomic E-state index is 14.0. The largest absolute Gasteiger partial charge is 0.435 e. The standard InChI is InChI=1S/C24H26F5N3O4S/c1-32(22(33)14-6-8-37(34,35)9-7-14)21(24(27,28)29)20-5-3-17(13-30-20)31-18-10-15-2-4-19(36-23(25)26)12-16(15)11-18/h2-5,12-14,18,21,23,31H,6-11H2,1H3/t18?,21-/m0/s1. The van der Waals surface area contributed by atoms with Gasteiger partial charge in [0.2, 0.25) is 5.91 Å². The highest BCUT2D eigenvalue weighted by Gasteiger charge is 2.47. The van der Waals surface area contributed by atoms with Gasteiger partial charge in [-0.2, -0.15) is 22.0 Å². The average Bonchev–Trinajstić information content (AvgIpc) is 3.20. The van der Waals surface area contributed by atoms with E-state index in [0.29, 0.717) is 23.4 Å². The number of hydrogen-bond acceptors (Lipinski definition) is 6. The summed E-state index contributed by atoms with van der Waals surface area (Å²) in [4.78, 5) is 17.4. The number of sulfone groups is 1. The zero-order valence-electron chi connectivity index (χ0n) is 19.8. The lowest BCUT2D eigenvalue weighted by atomic mass is 9.99. The fourth-order valence-electron chi connectivity index (χ4n) is 4.90. The summed E-state index contributed by atoms with van der Waals surface area (Å²) < 4.78 is 94.6. The minimum atomic E-state index is -4.79. The van der Waals surface area contributed by atoms with Crippen LogP contribution in [0.1, 0.15) is 35.7 Å². The highest BCUT2D eigenvalue weighted by Crippen LogP contribution is 2.38. The Hall–Kier alpha value is -2.96. The summed E-state index contributed by atoms with van der Waals surface area (Å²) in [6.45, 7) is -2.92. The molecule has 2 atom stereocenters. The van der Waals surface area contributed by atoms with Crippen molar-refractivity contribution in [2.75, 3.05) is 23.9 Å². The number of benzene rings is 1. The monoisotopic (exact) mass is 547 g/mol. The molecule has 1 saturated heterocycles. The number of carbonyl (C=O) groups is 1. The molecule has 4 rings (SSSR count). The molecule has 1 aromatic carbocycles. The van der Waals surface area contributed by atoms with Gasteiger partial charge in [-0.3, -0.25) is 9.78 Å². The molecule has 7 nitrogen and oxygen atoms in total. The van der Waals surface area contributed by atoms with Gasteiger partial charge < -0.3 is 15.0 Å². The maximum atomic E-state index is 14.0. The molecule has 2 heterocycles. The third-order valence-electron chi connectivity index (χ3n) is 6.72. The quantitative estimate of drug-likeness (QED) is 0.524. The number of alkyl halides is 5. The van der Waals surface area contributed by atoms with E-state index >= 15 is 0 Å². The first-order valence-corrected chi connectivity index (χ1v) is 13.5. The Morgan fingerprint density at radius 2 is 1.78 bits per heavy atom. The molecule has 1 amide bonds. The molecule has 2 aliphatic rings. The fourth-order valence-corrected chi connectivity index (χ4v) is 6.39. The minimum absolute atomic E-state index is 0.00803. The van der Waals surface area contributed by atoms with Crippen LogP contribution in [0.25, 0.3) is 0 Å². The minimum Gasteiger partial charge on any atom is -0.435 e. The number of nitrogens with one attached hydrogen (secondary N) is 1. The lowest BCUT2D eigenvalue weighted by Crippen LogP contribution is -2.44. The van der Waals surface area contributed by atoms with Crippen molar-refractivity contribution >= 4 is 21.4 Å². The molecule has 37 heavy (non-hydrogen) atoms. The molecule has 1 unspecified atom stereocenters. The highest BCUT2D eigenvalue weighted by atomic mass is 32.2. The highest BCUT2D eigenvalue weighted by molar-refractivity contribution is 7.91. The van der Waals surface area contributed by atoms with E-state index in [9.17, 15) is 35.2 Å². The Morgan fingerprint density at radius 1 is 1.11 bits per heavy atom. The number of carbonyl (C=O) groups excluding carboxylic acids is 1. The number of rotatable bonds is 7. The second-order valence-electron chi connectivity index (χ2n) is 9.35. The molecule has 202 valence electrons. The van der Waals surface area contributed by atoms with E-state index < -0.39 is 40.5 Å². The van der Waals surface area contributed by atoms with Gasteiger partial charge in [-0.15, -0.1) is 0 Å². The van der Waals surface area contributed by atoms with Crippen LogP contribution in [0, 0.1) is 5.92 Å². The van der Waals surface area contributed by atoms with Crippen molar-refractivity contribution in [3.8, 4) is 5.75 Å². The third kappa shape index (κ3) is 6.49. The molecule has 0 bridgehead atoms. The van der Waals surface area contributed by atoms with Crippen LogP contribution in [0.2, 0.25) is 0 Å². The van der Waals surface area contributed by atoms with Gasteiger partial charge in [0.1, 0.15) is 15.6 Å². The lowest BCUT2D eigenvalue weighted by molar-refractivity contribution is -0.191. The summed E-state index contributed by atoms with van der Waals surface area (Å²) in [5.74, 6) is -1.95. The van der Waals surface area contributed by atoms with Crippen molar-refractivity contribution in [1.29, 1.82) is 0 Å². The number of halogens is 5. The Labute approximate surface area is 210 Å². The average molecular weight is 548 g/mol. The number of fused-ring (bicyclic) bond motifs is 1. The molecule has 1 fully saturated rings. The first-order chi connectivity index (χ1) is 17.3. The van der Waals surface area contributed by atoms with Crippen LogP contribution in [-0.2, 0) is 27.5 Å². The first-order valence-electron chi connectivity index (χ1n) is 11.7. The van der Waals surface area contributed by atoms with E-state index in [4.69, 9.17) is 0 Å². The maximum Gasteiger partial charge on any atom is 0.414 e. The van der Waals surface area contributed by atoms with Gasteiger partial charge in [0.25, 0.3) is 0 Å². The van der Waals surface area contributed by atoms with Gasteiger partial charge in [0.05, 0.1) is 29.1 Å². The Morgan fingerprint density at radius 3 is 2.38 bits per heavy atom. The van der Waals surface area contributed by atoms with Gasteiger partial charge >= 0.3 is 12.8 Å². The van der Waals surface area contributed by atoms with Crippen LogP contribution in [0.3, 0.4) is 0 Å². The van der Waals surface area contributed by atoms with E-state index in [1.165, 1.54) is 24.4 Å². The van der Waals surface area contributed by atoms with E-state index in [1.54, 1.807) is 12.1 Å². The smallest absolute Gasteiger partial charge is 0.414 e. The number of ether oxygens (including phenoxy) is 1. The molecule has 0 radical (unpaired) electrons. The topological polar surface area (TPSA) is 88.6 Å². The summed E-state index contributed by atoms with van der Waals surface area (Å²) in [5.41, 5.74) is 1.91. The zero-order valence-corrected chi connectivity index (χ0v) is 20.7. The number of anilines is 1. The van der Waals surface area contributed by atoms with E-state index in [0.717, 1.165) is 18.2 Å². The summed E-state index contributed by atoms with van der Waals surface area (Å²) in [6, 6.07) is 4.97. The molecular formula is C24H26F5N3O4S. The third-order valence-corrected chi connectivity index (χ3v) is 8.44. The van der Waals surface area contributed by atoms with Crippen molar-refractivity contribution in [3.63, 3.8) is 0 Å². The summed E-state index contributed by atoms with van der Waals surface area (Å²) >= 11 is 0. The van der Waals surface area contributed by atoms with Gasteiger partial charge in [0.15, 0.2) is 6.04 Å². The predicted molar refractivity (Wildman–Crippen MR) is 125 cm³/mol. The molecule has 0 saturated carbocycles. The van der Waals surface area contributed by atoms with Gasteiger partial charge in [-0.1, -0.05) is 6.07 Å². The fraction of sp³-hybridized carbons (Fsp3) is 0.500. The molecule has 0 spiro atoms. The van der Waals surface area contributed by atoms with Crippen LogP contribution in [0.4, 0.5) is 27.6 Å². The number of nitrogens with zero attached hydrogens (tertiary/aromatic N) is 2. The molecule has 1 N–H and O–H groups in total. The Kier molecular flexibility index (Phi) is 7.63. The first kappa shape index (κ1) is 27.1. The second-order valence-corrected chi connectivity index (χ2v) is 11.7.